The zero-order chi connectivity index (χ0) is 15.9. The highest BCUT2D eigenvalue weighted by atomic mass is 32.2. The number of fused-ring (bicyclic) bond motifs is 1. The summed E-state index contributed by atoms with van der Waals surface area (Å²) in [6.45, 7) is 1.99. The number of piperazine rings is 1. The fourth-order valence-corrected chi connectivity index (χ4v) is 3.85. The lowest BCUT2D eigenvalue weighted by atomic mass is 10.2. The maximum Gasteiger partial charge on any atom is 0.320 e. The molecular formula is C14H18FN3O3S. The molecule has 0 spiro atoms. The number of benzene rings is 1. The van der Waals surface area contributed by atoms with Gasteiger partial charge in [0.2, 0.25) is 10.0 Å². The molecule has 2 saturated heterocycles. The quantitative estimate of drug-likeness (QED) is 0.821. The van der Waals surface area contributed by atoms with E-state index in [0.717, 1.165) is 5.56 Å². The molecule has 2 aliphatic heterocycles. The van der Waals surface area contributed by atoms with Gasteiger partial charge < -0.3 is 9.80 Å². The average Bonchev–Trinajstić information content (AvgIpc) is 2.77. The lowest BCUT2D eigenvalue weighted by Crippen LogP contribution is -2.53. The number of rotatable bonds is 3. The van der Waals surface area contributed by atoms with Crippen molar-refractivity contribution in [1.82, 2.24) is 14.1 Å². The minimum atomic E-state index is -3.23. The smallest absolute Gasteiger partial charge is 0.318 e. The lowest BCUT2D eigenvalue weighted by Gasteiger charge is -2.34. The van der Waals surface area contributed by atoms with Crippen molar-refractivity contribution >= 4 is 16.1 Å². The van der Waals surface area contributed by atoms with Crippen LogP contribution in [0.2, 0.25) is 0 Å². The molecule has 120 valence electrons. The first-order chi connectivity index (χ1) is 10.3. The molecule has 6 nitrogen and oxygen atoms in total. The van der Waals surface area contributed by atoms with Crippen molar-refractivity contribution in [3.63, 3.8) is 0 Å². The average molecular weight is 327 g/mol. The monoisotopic (exact) mass is 327 g/mol. The minimum Gasteiger partial charge on any atom is -0.318 e. The number of nitrogens with zero attached hydrogens (tertiary/aromatic N) is 3. The van der Waals surface area contributed by atoms with Gasteiger partial charge in [0.05, 0.1) is 12.3 Å². The van der Waals surface area contributed by atoms with E-state index in [0.29, 0.717) is 32.7 Å². The topological polar surface area (TPSA) is 60.9 Å². The molecule has 2 amide bonds. The van der Waals surface area contributed by atoms with Crippen LogP contribution in [0.1, 0.15) is 5.56 Å². The number of halogens is 1. The second kappa shape index (κ2) is 5.51. The van der Waals surface area contributed by atoms with Crippen LogP contribution in [0.4, 0.5) is 9.18 Å². The van der Waals surface area contributed by atoms with Crippen LogP contribution in [0.15, 0.2) is 24.3 Å². The van der Waals surface area contributed by atoms with E-state index in [1.165, 1.54) is 22.7 Å². The van der Waals surface area contributed by atoms with Crippen LogP contribution in [0.3, 0.4) is 0 Å². The zero-order valence-electron chi connectivity index (χ0n) is 12.3. The molecule has 1 aromatic carbocycles. The van der Waals surface area contributed by atoms with Gasteiger partial charge >= 0.3 is 6.03 Å². The van der Waals surface area contributed by atoms with E-state index < -0.39 is 10.0 Å². The molecule has 2 aliphatic rings. The molecule has 0 N–H and O–H groups in total. The van der Waals surface area contributed by atoms with Crippen LogP contribution in [-0.2, 0) is 16.6 Å². The Morgan fingerprint density at radius 2 is 1.86 bits per heavy atom. The first-order valence-electron chi connectivity index (χ1n) is 7.10. The van der Waals surface area contributed by atoms with E-state index in [4.69, 9.17) is 0 Å². The molecule has 22 heavy (non-hydrogen) atoms. The van der Waals surface area contributed by atoms with Gasteiger partial charge in [-0.05, 0) is 17.7 Å². The van der Waals surface area contributed by atoms with Crippen molar-refractivity contribution < 1.29 is 17.6 Å². The number of hydrogen-bond acceptors (Lipinski definition) is 3. The molecule has 2 heterocycles. The van der Waals surface area contributed by atoms with E-state index in [-0.39, 0.29) is 17.9 Å². The first kappa shape index (κ1) is 15.2. The second-order valence-corrected chi connectivity index (χ2v) is 7.74. The standard InChI is InChI=1S/C14H18FN3O3S/c1-22(20,21)17-6-7-18-13(10-17)9-16(14(18)19)8-11-2-4-12(15)5-3-11/h2-5,13H,6-10H2,1H3. The van der Waals surface area contributed by atoms with Crippen molar-refractivity contribution in [3.05, 3.63) is 35.6 Å². The molecule has 0 aliphatic carbocycles. The Morgan fingerprint density at radius 1 is 1.18 bits per heavy atom. The van der Waals surface area contributed by atoms with E-state index in [9.17, 15) is 17.6 Å². The highest BCUT2D eigenvalue weighted by molar-refractivity contribution is 7.88. The Labute approximate surface area is 129 Å². The van der Waals surface area contributed by atoms with Crippen LogP contribution in [0.5, 0.6) is 0 Å². The van der Waals surface area contributed by atoms with Gasteiger partial charge in [-0.25, -0.2) is 17.6 Å². The van der Waals surface area contributed by atoms with Crippen LogP contribution in [-0.4, -0.2) is 67.0 Å². The Kier molecular flexibility index (Phi) is 3.82. The van der Waals surface area contributed by atoms with Gasteiger partial charge in [-0.15, -0.1) is 0 Å². The maximum atomic E-state index is 12.9. The predicted molar refractivity (Wildman–Crippen MR) is 79.1 cm³/mol. The Bertz CT molecular complexity index is 677. The molecule has 0 bridgehead atoms. The summed E-state index contributed by atoms with van der Waals surface area (Å²) in [4.78, 5) is 15.8. The molecule has 2 fully saturated rings. The normalized spacial score (nSPS) is 23.0. The van der Waals surface area contributed by atoms with Crippen LogP contribution >= 0.6 is 0 Å². The van der Waals surface area contributed by atoms with Gasteiger partial charge in [0.15, 0.2) is 0 Å². The van der Waals surface area contributed by atoms with Crippen LogP contribution in [0.25, 0.3) is 0 Å². The molecule has 1 unspecified atom stereocenters. The van der Waals surface area contributed by atoms with Crippen LogP contribution in [0, 0.1) is 5.82 Å². The van der Waals surface area contributed by atoms with Gasteiger partial charge in [0.25, 0.3) is 0 Å². The number of carbonyl (C=O) groups excluding carboxylic acids is 1. The Hall–Kier alpha value is -1.67. The fourth-order valence-electron chi connectivity index (χ4n) is 2.99. The number of carbonyl (C=O) groups is 1. The summed E-state index contributed by atoms with van der Waals surface area (Å²) < 4.78 is 37.6. The lowest BCUT2D eigenvalue weighted by molar-refractivity contribution is 0.159. The second-order valence-electron chi connectivity index (χ2n) is 5.76. The molecule has 1 atom stereocenters. The highest BCUT2D eigenvalue weighted by Crippen LogP contribution is 2.23. The molecule has 8 heteroatoms. The number of urea groups is 1. The molecule has 0 aromatic heterocycles. The third-order valence-corrected chi connectivity index (χ3v) is 5.42. The van der Waals surface area contributed by atoms with E-state index in [1.54, 1.807) is 21.9 Å². The summed E-state index contributed by atoms with van der Waals surface area (Å²) in [6, 6.07) is 5.85. The third-order valence-electron chi connectivity index (χ3n) is 4.15. The van der Waals surface area contributed by atoms with Gasteiger partial charge in [0.1, 0.15) is 5.82 Å². The van der Waals surface area contributed by atoms with Gasteiger partial charge in [-0.3, -0.25) is 0 Å². The van der Waals surface area contributed by atoms with Gasteiger partial charge in [-0.1, -0.05) is 12.1 Å². The van der Waals surface area contributed by atoms with Crippen molar-refractivity contribution in [2.45, 2.75) is 12.6 Å². The molecule has 1 aromatic rings. The summed E-state index contributed by atoms with van der Waals surface area (Å²) in [5.74, 6) is -0.308. The summed E-state index contributed by atoms with van der Waals surface area (Å²) in [6.07, 6.45) is 1.19. The fraction of sp³-hybridized carbons (Fsp3) is 0.500. The van der Waals surface area contributed by atoms with E-state index in [2.05, 4.69) is 0 Å². The SMILES string of the molecule is CS(=O)(=O)N1CCN2C(=O)N(Cc3ccc(F)cc3)CC2C1. The van der Waals surface area contributed by atoms with Crippen LogP contribution < -0.4 is 0 Å². The zero-order valence-corrected chi connectivity index (χ0v) is 13.1. The van der Waals surface area contributed by atoms with Crippen molar-refractivity contribution in [2.75, 3.05) is 32.4 Å². The largest absolute Gasteiger partial charge is 0.320 e. The van der Waals surface area contributed by atoms with Gasteiger partial charge in [-0.2, -0.15) is 4.31 Å². The molecule has 0 saturated carbocycles. The van der Waals surface area contributed by atoms with Crippen molar-refractivity contribution in [3.8, 4) is 0 Å². The Balaban J connectivity index is 1.70. The van der Waals surface area contributed by atoms with Crippen molar-refractivity contribution in [2.24, 2.45) is 0 Å². The minimum absolute atomic E-state index is 0.0810. The number of sulfonamides is 1. The molecule has 0 radical (unpaired) electrons. The predicted octanol–water partition coefficient (Wildman–Crippen LogP) is 0.707. The first-order valence-corrected chi connectivity index (χ1v) is 8.94. The molecular weight excluding hydrogens is 309 g/mol. The van der Waals surface area contributed by atoms with E-state index in [1.807, 2.05) is 0 Å². The number of hydrogen-bond donors (Lipinski definition) is 0. The molecule has 3 rings (SSSR count). The van der Waals surface area contributed by atoms with E-state index >= 15 is 0 Å². The summed E-state index contributed by atoms with van der Waals surface area (Å²) in [5, 5.41) is 0. The summed E-state index contributed by atoms with van der Waals surface area (Å²) >= 11 is 0. The van der Waals surface area contributed by atoms with Gasteiger partial charge in [0, 0.05) is 32.7 Å². The summed E-state index contributed by atoms with van der Waals surface area (Å²) in [7, 11) is -3.23. The number of amides is 2. The summed E-state index contributed by atoms with van der Waals surface area (Å²) in [5.41, 5.74) is 0.856. The highest BCUT2D eigenvalue weighted by Gasteiger charge is 2.42. The Morgan fingerprint density at radius 3 is 2.50 bits per heavy atom. The third kappa shape index (κ3) is 2.93. The van der Waals surface area contributed by atoms with Crippen molar-refractivity contribution in [1.29, 1.82) is 0 Å². The maximum absolute atomic E-state index is 12.9.